The van der Waals surface area contributed by atoms with E-state index >= 15 is 0 Å². The van der Waals surface area contributed by atoms with Gasteiger partial charge in [-0.25, -0.2) is 9.79 Å². The Kier molecular flexibility index (Phi) is 27.3. The molecular weight excluding hydrogens is 933 g/mol. The molecule has 71 heavy (non-hydrogen) atoms. The van der Waals surface area contributed by atoms with Crippen molar-refractivity contribution in [2.75, 3.05) is 45.9 Å². The fourth-order valence-electron chi connectivity index (χ4n) is 8.32. The number of hydrogen-bond acceptors (Lipinski definition) is 21. The molecule has 0 aromatic carbocycles. The number of nitrogens with one attached hydrogen (secondary N) is 8. The summed E-state index contributed by atoms with van der Waals surface area (Å²) in [7, 11) is 0. The van der Waals surface area contributed by atoms with Crippen molar-refractivity contribution in [3.05, 3.63) is 0 Å². The number of rotatable bonds is 33. The Bertz CT molecular complexity index is 1740. The summed E-state index contributed by atoms with van der Waals surface area (Å²) in [5, 5.41) is 53.7. The largest absolute Gasteiger partial charge is 0.441 e. The number of aliphatic hydroxyl groups is 3. The number of nitrogens with zero attached hydrogens (tertiary/aromatic N) is 1. The molecule has 0 bridgehead atoms. The quantitative estimate of drug-likeness (QED) is 0.0272. The van der Waals surface area contributed by atoms with E-state index in [2.05, 4.69) is 47.5 Å². The lowest BCUT2D eigenvalue weighted by Crippen LogP contribution is -2.70. The number of primary amides is 1. The number of β-amino-alcohol motifs (C(OH)–C–C–N with tert-alkyl or cyclic N) is 1. The molecule has 28 nitrogen and oxygen atoms in total. The minimum atomic E-state index is -1.65. The number of ether oxygens (including phenoxy) is 2. The minimum absolute atomic E-state index is 0.00440. The van der Waals surface area contributed by atoms with Gasteiger partial charge in [-0.1, -0.05) is 0 Å². The molecule has 0 aromatic rings. The zero-order valence-electron chi connectivity index (χ0n) is 40.6. The molecule has 3 heterocycles. The number of fused-ring (bicyclic) bond motifs is 1. The van der Waals surface area contributed by atoms with Crippen LogP contribution in [0.4, 0.5) is 4.79 Å². The first-order chi connectivity index (χ1) is 33.8. The molecule has 0 radical (unpaired) electrons. The first-order valence-corrected chi connectivity index (χ1v) is 24.6. The molecule has 3 rings (SSSR count). The van der Waals surface area contributed by atoms with Crippen molar-refractivity contribution in [3.8, 4) is 0 Å². The predicted octanol–water partition coefficient (Wildman–Crippen LogP) is -7.30. The van der Waals surface area contributed by atoms with E-state index in [1.54, 1.807) is 0 Å². The van der Waals surface area contributed by atoms with Gasteiger partial charge in [0.2, 0.25) is 35.4 Å². The topological polar surface area (TPSA) is 489 Å². The second-order valence-corrected chi connectivity index (χ2v) is 18.5. The van der Waals surface area contributed by atoms with Crippen molar-refractivity contribution in [2.24, 2.45) is 45.1 Å². The number of carbonyl (C=O) groups excluding carboxylic acids is 7. The number of aliphatic imine (C=N–C) groups is 1. The highest BCUT2D eigenvalue weighted by Gasteiger charge is 2.49. The Morgan fingerprint density at radius 3 is 1.51 bits per heavy atom. The molecule has 2 fully saturated rings. The standard InChI is InChI=1S/C43H82N16O12/c44-11-1-6-23(45)16-30(62)51-12-2-7-24(46)17-31(63)52-13-3-8-25(47)18-32(64)53-14-4-9-26(48)19-33(65)54-15-5-10-27(49)20-34(66)56-37-38(67)39(71-42(50)69)29(22-60)70-41(37)59-43-57-35-28(61)21-55-40(68)36(35)58-43/h23-29,35-39,41,60-61,67H,1-22,44-49H2,(H2,50,69)(H,51,62)(H,52,63)(H,53,64)(H,54,65)(H,55,68)(H,56,66)(H2,57,58,59)/t23?,24?,25?,26?,27?,28-,29?,35-,36+,37?,38?,39?,41?/m1/s1. The highest BCUT2D eigenvalue weighted by atomic mass is 16.6. The fourth-order valence-corrected chi connectivity index (χ4v) is 8.32. The number of nitrogens with two attached hydrogens (primary N) is 7. The number of amides is 7. The van der Waals surface area contributed by atoms with Gasteiger partial charge in [0.05, 0.1) is 18.8 Å². The average molecular weight is 1020 g/mol. The maximum atomic E-state index is 13.2. The van der Waals surface area contributed by atoms with Gasteiger partial charge in [-0.2, -0.15) is 0 Å². The van der Waals surface area contributed by atoms with Gasteiger partial charge < -0.3 is 107 Å². The van der Waals surface area contributed by atoms with Gasteiger partial charge in [0.15, 0.2) is 24.3 Å². The van der Waals surface area contributed by atoms with E-state index in [-0.39, 0.29) is 86.9 Å². The Hall–Kier alpha value is -5.04. The molecule has 3 aliphatic heterocycles. The van der Waals surface area contributed by atoms with Gasteiger partial charge in [-0.3, -0.25) is 28.8 Å². The van der Waals surface area contributed by atoms with Crippen LogP contribution in [0, 0.1) is 0 Å². The molecule has 406 valence electrons. The number of piperidine rings is 1. The summed E-state index contributed by atoms with van der Waals surface area (Å²) in [5.41, 5.74) is 41.2. The molecule has 0 aromatic heterocycles. The second kappa shape index (κ2) is 32.1. The Morgan fingerprint density at radius 1 is 0.690 bits per heavy atom. The Morgan fingerprint density at radius 2 is 1.11 bits per heavy atom. The van der Waals surface area contributed by atoms with Crippen LogP contribution in [0.1, 0.15) is 96.3 Å². The third kappa shape index (κ3) is 22.9. The minimum Gasteiger partial charge on any atom is -0.441 e. The van der Waals surface area contributed by atoms with E-state index in [0.717, 1.165) is 6.42 Å². The van der Waals surface area contributed by atoms with E-state index in [4.69, 9.17) is 49.6 Å². The molecule has 25 N–H and O–H groups in total. The molecule has 2 saturated heterocycles. The molecule has 0 spiro atoms. The monoisotopic (exact) mass is 1010 g/mol. The van der Waals surface area contributed by atoms with Crippen LogP contribution in [0.5, 0.6) is 0 Å². The highest BCUT2D eigenvalue weighted by molar-refractivity contribution is 5.93. The normalized spacial score (nSPS) is 24.8. The molecule has 13 atom stereocenters. The van der Waals surface area contributed by atoms with Crippen molar-refractivity contribution in [2.45, 2.75) is 175 Å². The summed E-state index contributed by atoms with van der Waals surface area (Å²) in [6.07, 6.45) is -2.02. The summed E-state index contributed by atoms with van der Waals surface area (Å²) in [6.45, 7) is 1.29. The molecule has 10 unspecified atom stereocenters. The maximum absolute atomic E-state index is 13.2. The van der Waals surface area contributed by atoms with Gasteiger partial charge in [0.1, 0.15) is 18.2 Å². The van der Waals surface area contributed by atoms with Gasteiger partial charge >= 0.3 is 6.09 Å². The molecular formula is C43H82N16O12. The zero-order chi connectivity index (χ0) is 52.5. The molecule has 28 heteroatoms. The fraction of sp³-hybridized carbons (Fsp3) is 0.814. The van der Waals surface area contributed by atoms with E-state index in [1.807, 2.05) is 0 Å². The van der Waals surface area contributed by atoms with Gasteiger partial charge in [-0.05, 0) is 70.8 Å². The van der Waals surface area contributed by atoms with Gasteiger partial charge in [-0.15, -0.1) is 0 Å². The lowest BCUT2D eigenvalue weighted by molar-refractivity contribution is -0.198. The molecule has 7 amide bonds. The molecule has 0 aliphatic carbocycles. The lowest BCUT2D eigenvalue weighted by Gasteiger charge is -2.44. The first kappa shape index (κ1) is 60.3. The van der Waals surface area contributed by atoms with E-state index in [1.165, 1.54) is 0 Å². The average Bonchev–Trinajstić information content (AvgIpc) is 3.74. The van der Waals surface area contributed by atoms with Crippen LogP contribution >= 0.6 is 0 Å². The van der Waals surface area contributed by atoms with Crippen molar-refractivity contribution in [3.63, 3.8) is 0 Å². The van der Waals surface area contributed by atoms with Crippen LogP contribution < -0.4 is 82.7 Å². The van der Waals surface area contributed by atoms with Crippen LogP contribution in [0.15, 0.2) is 4.99 Å². The highest BCUT2D eigenvalue weighted by Crippen LogP contribution is 2.24. The SMILES string of the molecule is NCCCC(N)CC(=O)NCCCC(N)CC(=O)NCCCC(N)CC(=O)NCCCC(N)CC(=O)NCCCC(N)CC(=O)NC1C(NC2=N[C@@H]3C(=O)NC[C@@H](O)[C@H]3N2)OC(CO)C(OC(N)=O)C1O. The summed E-state index contributed by atoms with van der Waals surface area (Å²) in [4.78, 5) is 90.6. The van der Waals surface area contributed by atoms with Gasteiger partial charge in [0.25, 0.3) is 0 Å². The molecule has 0 saturated carbocycles. The van der Waals surface area contributed by atoms with Crippen LogP contribution in [0.25, 0.3) is 0 Å². The van der Waals surface area contributed by atoms with E-state index < -0.39 is 91.4 Å². The van der Waals surface area contributed by atoms with Crippen LogP contribution in [0.3, 0.4) is 0 Å². The van der Waals surface area contributed by atoms with Crippen LogP contribution in [-0.4, -0.2) is 188 Å². The van der Waals surface area contributed by atoms with E-state index in [9.17, 15) is 48.9 Å². The predicted molar refractivity (Wildman–Crippen MR) is 259 cm³/mol. The third-order valence-electron chi connectivity index (χ3n) is 12.2. The van der Waals surface area contributed by atoms with Crippen LogP contribution in [-0.2, 0) is 38.2 Å². The number of hydrogen-bond donors (Lipinski definition) is 18. The lowest BCUT2D eigenvalue weighted by atomic mass is 9.95. The number of guanidine groups is 1. The van der Waals surface area contributed by atoms with E-state index in [0.29, 0.717) is 84.0 Å². The Balaban J connectivity index is 1.24. The van der Waals surface area contributed by atoms with Crippen molar-refractivity contribution in [1.29, 1.82) is 0 Å². The summed E-state index contributed by atoms with van der Waals surface area (Å²) in [5.74, 6) is -1.82. The summed E-state index contributed by atoms with van der Waals surface area (Å²) >= 11 is 0. The third-order valence-corrected chi connectivity index (χ3v) is 12.2. The summed E-state index contributed by atoms with van der Waals surface area (Å²) < 4.78 is 10.9. The second-order valence-electron chi connectivity index (χ2n) is 18.5. The van der Waals surface area contributed by atoms with Gasteiger partial charge in [0, 0.05) is 95.0 Å². The summed E-state index contributed by atoms with van der Waals surface area (Å²) in [6, 6.07) is -5.13. The van der Waals surface area contributed by atoms with Crippen molar-refractivity contribution >= 4 is 47.5 Å². The number of carbonyl (C=O) groups is 7. The van der Waals surface area contributed by atoms with Crippen molar-refractivity contribution < 1.29 is 58.4 Å². The number of aliphatic hydroxyl groups excluding tert-OH is 3. The first-order valence-electron chi connectivity index (χ1n) is 24.6. The Labute approximate surface area is 413 Å². The zero-order valence-corrected chi connectivity index (χ0v) is 40.6. The smallest absolute Gasteiger partial charge is 0.404 e. The maximum Gasteiger partial charge on any atom is 0.404 e. The van der Waals surface area contributed by atoms with Crippen molar-refractivity contribution in [1.82, 2.24) is 42.5 Å². The molecule has 3 aliphatic rings. The van der Waals surface area contributed by atoms with Crippen LogP contribution in [0.2, 0.25) is 0 Å².